The Morgan fingerprint density at radius 1 is 1.25 bits per heavy atom. The van der Waals surface area contributed by atoms with Gasteiger partial charge in [0.1, 0.15) is 11.7 Å². The molecule has 20 heavy (non-hydrogen) atoms. The van der Waals surface area contributed by atoms with Gasteiger partial charge in [0.25, 0.3) is 0 Å². The largest absolute Gasteiger partial charge is 0.468 e. The van der Waals surface area contributed by atoms with Gasteiger partial charge in [-0.05, 0) is 17.7 Å². The smallest absolute Gasteiger partial charge is 0.382 e. The minimum Gasteiger partial charge on any atom is -0.468 e. The Hall–Kier alpha value is -2.63. The number of esters is 1. The number of benzene rings is 1. The molecule has 0 N–H and O–H groups in total. The molecular weight excluding hydrogens is 262 g/mol. The van der Waals surface area contributed by atoms with E-state index in [0.29, 0.717) is 11.3 Å². The second-order valence-electron chi connectivity index (χ2n) is 4.16. The number of nitro groups is 1. The van der Waals surface area contributed by atoms with Crippen molar-refractivity contribution in [1.82, 2.24) is 0 Å². The van der Waals surface area contributed by atoms with Crippen molar-refractivity contribution in [2.24, 2.45) is 0 Å². The zero-order valence-corrected chi connectivity index (χ0v) is 10.8. The Bertz CT molecular complexity index is 579. The van der Waals surface area contributed by atoms with Crippen LogP contribution in [-0.4, -0.2) is 24.0 Å². The summed E-state index contributed by atoms with van der Waals surface area (Å²) in [6.45, 7) is 0. The minimum atomic E-state index is -1.55. The number of carbonyl (C=O) groups is 1. The van der Waals surface area contributed by atoms with E-state index < -0.39 is 22.9 Å². The fraction of sp³-hybridized carbons (Fsp3) is 0.214. The predicted molar refractivity (Wildman–Crippen MR) is 69.8 cm³/mol. The molecule has 0 radical (unpaired) electrons. The molecule has 0 aliphatic rings. The lowest BCUT2D eigenvalue weighted by molar-refractivity contribution is -0.513. The quantitative estimate of drug-likeness (QED) is 0.474. The molecule has 104 valence electrons. The first kappa shape index (κ1) is 13.8. The van der Waals surface area contributed by atoms with Crippen LogP contribution in [0.3, 0.4) is 0 Å². The van der Waals surface area contributed by atoms with E-state index in [9.17, 15) is 14.9 Å². The maximum absolute atomic E-state index is 11.8. The first-order valence-corrected chi connectivity index (χ1v) is 5.95. The first-order valence-electron chi connectivity index (χ1n) is 5.95. The molecule has 2 unspecified atom stereocenters. The van der Waals surface area contributed by atoms with Crippen LogP contribution in [0, 0.1) is 10.1 Å². The Kier molecular flexibility index (Phi) is 4.14. The van der Waals surface area contributed by atoms with Crippen molar-refractivity contribution in [3.63, 3.8) is 0 Å². The molecule has 6 nitrogen and oxygen atoms in total. The molecule has 0 bridgehead atoms. The van der Waals surface area contributed by atoms with E-state index in [2.05, 4.69) is 4.74 Å². The van der Waals surface area contributed by atoms with Gasteiger partial charge in [0.15, 0.2) is 0 Å². The third-order valence-electron chi connectivity index (χ3n) is 2.99. The van der Waals surface area contributed by atoms with E-state index >= 15 is 0 Å². The number of hydrogen-bond donors (Lipinski definition) is 0. The normalized spacial score (nSPS) is 13.4. The van der Waals surface area contributed by atoms with Crippen LogP contribution >= 0.6 is 0 Å². The molecule has 0 spiro atoms. The molecular formula is C14H13NO5. The van der Waals surface area contributed by atoms with Crippen LogP contribution in [0.1, 0.15) is 17.2 Å². The number of furan rings is 1. The summed E-state index contributed by atoms with van der Waals surface area (Å²) in [6.07, 6.45) is 1.42. The zero-order valence-electron chi connectivity index (χ0n) is 10.8. The summed E-state index contributed by atoms with van der Waals surface area (Å²) >= 11 is 0. The molecule has 0 saturated heterocycles. The number of rotatable bonds is 5. The SMILES string of the molecule is COC(=O)C(C(c1ccccc1)c1ccco1)[N+](=O)[O-]. The van der Waals surface area contributed by atoms with Crippen molar-refractivity contribution in [3.05, 3.63) is 70.2 Å². The van der Waals surface area contributed by atoms with Crippen molar-refractivity contribution < 1.29 is 18.9 Å². The highest BCUT2D eigenvalue weighted by atomic mass is 16.6. The van der Waals surface area contributed by atoms with Crippen LogP contribution < -0.4 is 0 Å². The second kappa shape index (κ2) is 6.01. The lowest BCUT2D eigenvalue weighted by Gasteiger charge is -2.17. The molecule has 0 fully saturated rings. The van der Waals surface area contributed by atoms with Crippen LogP contribution in [0.2, 0.25) is 0 Å². The van der Waals surface area contributed by atoms with E-state index in [1.165, 1.54) is 6.26 Å². The third kappa shape index (κ3) is 2.69. The molecule has 2 atom stereocenters. The molecule has 1 aromatic carbocycles. The maximum atomic E-state index is 11.8. The monoisotopic (exact) mass is 275 g/mol. The maximum Gasteiger partial charge on any atom is 0.382 e. The Balaban J connectivity index is 2.51. The Morgan fingerprint density at radius 2 is 1.95 bits per heavy atom. The lowest BCUT2D eigenvalue weighted by atomic mass is 9.89. The van der Waals surface area contributed by atoms with Crippen LogP contribution in [-0.2, 0) is 9.53 Å². The number of ether oxygens (including phenoxy) is 1. The molecule has 2 rings (SSSR count). The van der Waals surface area contributed by atoms with Crippen molar-refractivity contribution in [2.75, 3.05) is 7.11 Å². The van der Waals surface area contributed by atoms with E-state index in [0.717, 1.165) is 7.11 Å². The average molecular weight is 275 g/mol. The number of methoxy groups -OCH3 is 1. The average Bonchev–Trinajstić information content (AvgIpc) is 2.98. The molecule has 0 amide bonds. The molecule has 0 aliphatic carbocycles. The van der Waals surface area contributed by atoms with E-state index in [-0.39, 0.29) is 0 Å². The van der Waals surface area contributed by atoms with Crippen molar-refractivity contribution >= 4 is 5.97 Å². The van der Waals surface area contributed by atoms with Crippen molar-refractivity contribution in [2.45, 2.75) is 12.0 Å². The molecule has 1 heterocycles. The highest BCUT2D eigenvalue weighted by Gasteiger charge is 2.43. The number of nitrogens with zero attached hydrogens (tertiary/aromatic N) is 1. The van der Waals surface area contributed by atoms with E-state index in [4.69, 9.17) is 4.42 Å². The molecule has 6 heteroatoms. The van der Waals surface area contributed by atoms with Crippen LogP contribution in [0.15, 0.2) is 53.1 Å². The van der Waals surface area contributed by atoms with Gasteiger partial charge in [-0.3, -0.25) is 10.1 Å². The number of carbonyl (C=O) groups excluding carboxylic acids is 1. The van der Waals surface area contributed by atoms with Gasteiger partial charge in [-0.25, -0.2) is 4.79 Å². The Morgan fingerprint density at radius 3 is 2.45 bits per heavy atom. The van der Waals surface area contributed by atoms with Crippen molar-refractivity contribution in [1.29, 1.82) is 0 Å². The van der Waals surface area contributed by atoms with Crippen LogP contribution in [0.25, 0.3) is 0 Å². The number of hydrogen-bond acceptors (Lipinski definition) is 5. The van der Waals surface area contributed by atoms with Crippen LogP contribution in [0.5, 0.6) is 0 Å². The Labute approximate surface area is 115 Å². The zero-order chi connectivity index (χ0) is 14.5. The second-order valence-corrected chi connectivity index (χ2v) is 4.16. The predicted octanol–water partition coefficient (Wildman–Crippen LogP) is 2.23. The van der Waals surface area contributed by atoms with E-state index in [1.54, 1.807) is 42.5 Å². The minimum absolute atomic E-state index is 0.350. The summed E-state index contributed by atoms with van der Waals surface area (Å²) in [6, 6.07) is 10.4. The van der Waals surface area contributed by atoms with Gasteiger partial charge >= 0.3 is 12.0 Å². The summed E-state index contributed by atoms with van der Waals surface area (Å²) in [5.74, 6) is -1.38. The summed E-state index contributed by atoms with van der Waals surface area (Å²) in [5.41, 5.74) is 0.620. The first-order chi connectivity index (χ1) is 9.65. The highest BCUT2D eigenvalue weighted by molar-refractivity contribution is 5.76. The van der Waals surface area contributed by atoms with Gasteiger partial charge in [0, 0.05) is 4.92 Å². The van der Waals surface area contributed by atoms with Crippen molar-refractivity contribution in [3.8, 4) is 0 Å². The topological polar surface area (TPSA) is 82.6 Å². The molecule has 1 aromatic heterocycles. The third-order valence-corrected chi connectivity index (χ3v) is 2.99. The fourth-order valence-electron chi connectivity index (χ4n) is 2.10. The summed E-state index contributed by atoms with van der Waals surface area (Å²) in [5, 5.41) is 11.3. The van der Waals surface area contributed by atoms with Gasteiger partial charge in [-0.15, -0.1) is 0 Å². The summed E-state index contributed by atoms with van der Waals surface area (Å²) < 4.78 is 9.82. The highest BCUT2D eigenvalue weighted by Crippen LogP contribution is 2.30. The standard InChI is InChI=1S/C14H13NO5/c1-19-14(16)13(15(17)18)12(11-8-5-9-20-11)10-6-3-2-4-7-10/h2-9,12-13H,1H3. The van der Waals surface area contributed by atoms with Gasteiger partial charge in [-0.1, -0.05) is 30.3 Å². The molecule has 2 aromatic rings. The van der Waals surface area contributed by atoms with Gasteiger partial charge in [0.2, 0.25) is 0 Å². The fourth-order valence-corrected chi connectivity index (χ4v) is 2.10. The molecule has 0 aliphatic heterocycles. The van der Waals surface area contributed by atoms with E-state index in [1.807, 2.05) is 0 Å². The summed E-state index contributed by atoms with van der Waals surface area (Å²) in [4.78, 5) is 22.4. The van der Waals surface area contributed by atoms with Gasteiger partial charge < -0.3 is 9.15 Å². The lowest BCUT2D eigenvalue weighted by Crippen LogP contribution is -2.37. The van der Waals surface area contributed by atoms with Crippen LogP contribution in [0.4, 0.5) is 0 Å². The summed E-state index contributed by atoms with van der Waals surface area (Å²) in [7, 11) is 1.13. The molecule has 0 saturated carbocycles. The van der Waals surface area contributed by atoms with Gasteiger partial charge in [0.05, 0.1) is 13.4 Å². The van der Waals surface area contributed by atoms with Gasteiger partial charge in [-0.2, -0.15) is 0 Å².